The van der Waals surface area contributed by atoms with Crippen LogP contribution < -0.4 is 10.2 Å². The van der Waals surface area contributed by atoms with Crippen LogP contribution in [0.15, 0.2) is 47.8 Å². The summed E-state index contributed by atoms with van der Waals surface area (Å²) in [7, 11) is 4.08. The van der Waals surface area contributed by atoms with Gasteiger partial charge < -0.3 is 10.2 Å². The first-order chi connectivity index (χ1) is 8.08. The largest absolute Gasteiger partial charge is 0.352 e. The Bertz CT molecular complexity index is 513. The second kappa shape index (κ2) is 4.55. The number of Topliss-reactive ketones (excluding diaryl/α,β-unsaturated/α-hetero) is 1. The quantitative estimate of drug-likeness (QED) is 0.748. The van der Waals surface area contributed by atoms with Crippen molar-refractivity contribution < 1.29 is 9.69 Å². The van der Waals surface area contributed by atoms with Gasteiger partial charge in [-0.25, -0.2) is 0 Å². The zero-order valence-electron chi connectivity index (χ0n) is 10.4. The molecule has 0 saturated carbocycles. The molecule has 1 heterocycles. The molecule has 0 aromatic heterocycles. The van der Waals surface area contributed by atoms with Gasteiger partial charge in [0, 0.05) is 16.8 Å². The van der Waals surface area contributed by atoms with Crippen molar-refractivity contribution in [1.29, 1.82) is 0 Å². The lowest BCUT2D eigenvalue weighted by molar-refractivity contribution is -0.801. The Morgan fingerprint density at radius 3 is 2.65 bits per heavy atom. The van der Waals surface area contributed by atoms with Gasteiger partial charge in [-0.1, -0.05) is 12.1 Å². The van der Waals surface area contributed by atoms with Crippen molar-refractivity contribution in [1.82, 2.24) is 0 Å². The van der Waals surface area contributed by atoms with E-state index >= 15 is 0 Å². The van der Waals surface area contributed by atoms with Crippen LogP contribution in [0.4, 0.5) is 5.69 Å². The summed E-state index contributed by atoms with van der Waals surface area (Å²) in [5.74, 6) is 0.0714. The Morgan fingerprint density at radius 2 is 2.00 bits per heavy atom. The van der Waals surface area contributed by atoms with E-state index in [4.69, 9.17) is 0 Å². The zero-order valence-corrected chi connectivity index (χ0v) is 10.4. The molecule has 2 rings (SSSR count). The number of carbonyl (C=O) groups excluding carboxylic acids is 1. The maximum Gasteiger partial charge on any atom is 0.211 e. The fraction of sp³-hybridized carbons (Fsp3) is 0.214. The molecule has 17 heavy (non-hydrogen) atoms. The van der Waals surface area contributed by atoms with Gasteiger partial charge in [0.05, 0.1) is 26.0 Å². The Balaban J connectivity index is 2.29. The van der Waals surface area contributed by atoms with Crippen molar-refractivity contribution in [3.63, 3.8) is 0 Å². The standard InChI is InChI=1S/C14H16N2O/c1-10(9-16(2)3)8-13-14(17)11-6-4-5-7-12(11)15-13/h4-9,15H,1-3H3/p+1. The fourth-order valence-corrected chi connectivity index (χ4v) is 1.96. The molecule has 88 valence electrons. The molecule has 3 nitrogen and oxygen atoms in total. The van der Waals surface area contributed by atoms with Gasteiger partial charge in [-0.3, -0.25) is 4.79 Å². The Morgan fingerprint density at radius 1 is 1.29 bits per heavy atom. The van der Waals surface area contributed by atoms with Gasteiger partial charge in [-0.15, -0.1) is 0 Å². The minimum absolute atomic E-state index is 0.0714. The van der Waals surface area contributed by atoms with Crippen LogP contribution in [0.2, 0.25) is 0 Å². The van der Waals surface area contributed by atoms with E-state index < -0.39 is 0 Å². The molecule has 0 radical (unpaired) electrons. The molecule has 0 fully saturated rings. The maximum atomic E-state index is 12.1. The lowest BCUT2D eigenvalue weighted by atomic mass is 10.1. The SMILES string of the molecule is CC(=C[NH+](C)C)C=C1Nc2ccccc2C1=O. The molecule has 0 amide bonds. The summed E-state index contributed by atoms with van der Waals surface area (Å²) in [4.78, 5) is 13.3. The van der Waals surface area contributed by atoms with Gasteiger partial charge >= 0.3 is 0 Å². The smallest absolute Gasteiger partial charge is 0.211 e. The number of ketones is 1. The third-order valence-corrected chi connectivity index (χ3v) is 2.57. The van der Waals surface area contributed by atoms with E-state index in [1.54, 1.807) is 0 Å². The van der Waals surface area contributed by atoms with Crippen LogP contribution in [0.1, 0.15) is 17.3 Å². The molecule has 0 saturated heterocycles. The lowest BCUT2D eigenvalue weighted by Gasteiger charge is -2.01. The van der Waals surface area contributed by atoms with Crippen molar-refractivity contribution >= 4 is 11.5 Å². The van der Waals surface area contributed by atoms with Crippen molar-refractivity contribution in [2.45, 2.75) is 6.92 Å². The molecule has 0 atom stereocenters. The van der Waals surface area contributed by atoms with Crippen LogP contribution >= 0.6 is 0 Å². The van der Waals surface area contributed by atoms with Crippen LogP contribution in [-0.2, 0) is 0 Å². The van der Waals surface area contributed by atoms with Gasteiger partial charge in [0.2, 0.25) is 5.78 Å². The highest BCUT2D eigenvalue weighted by Crippen LogP contribution is 2.27. The molecule has 1 aromatic carbocycles. The molecule has 1 aliphatic heterocycles. The zero-order chi connectivity index (χ0) is 12.4. The molecule has 0 unspecified atom stereocenters. The Hall–Kier alpha value is -1.87. The average Bonchev–Trinajstić information content (AvgIpc) is 2.55. The molecular formula is C14H17N2O+. The lowest BCUT2D eigenvalue weighted by Crippen LogP contribution is -3.00. The maximum absolute atomic E-state index is 12.1. The summed E-state index contributed by atoms with van der Waals surface area (Å²) in [6.07, 6.45) is 3.96. The molecule has 3 heteroatoms. The van der Waals surface area contributed by atoms with Gasteiger partial charge in [-0.05, 0) is 25.1 Å². The molecule has 1 aromatic rings. The predicted octanol–water partition coefficient (Wildman–Crippen LogP) is 1.23. The van der Waals surface area contributed by atoms with Gasteiger partial charge in [-0.2, -0.15) is 0 Å². The molecule has 0 aliphatic carbocycles. The van der Waals surface area contributed by atoms with Gasteiger partial charge in [0.1, 0.15) is 0 Å². The van der Waals surface area contributed by atoms with Crippen LogP contribution in [-0.4, -0.2) is 19.9 Å². The number of fused-ring (bicyclic) bond motifs is 1. The number of para-hydroxylation sites is 1. The summed E-state index contributed by atoms with van der Waals surface area (Å²) < 4.78 is 0. The minimum atomic E-state index is 0.0714. The molecular weight excluding hydrogens is 212 g/mol. The first-order valence-corrected chi connectivity index (χ1v) is 5.69. The normalized spacial score (nSPS) is 17.5. The molecule has 0 spiro atoms. The Labute approximate surface area is 101 Å². The second-order valence-electron chi connectivity index (χ2n) is 4.52. The van der Waals surface area contributed by atoms with E-state index in [9.17, 15) is 4.79 Å². The number of benzene rings is 1. The number of quaternary nitrogens is 1. The van der Waals surface area contributed by atoms with Crippen molar-refractivity contribution in [3.05, 3.63) is 53.4 Å². The van der Waals surface area contributed by atoms with Crippen LogP contribution in [0, 0.1) is 0 Å². The van der Waals surface area contributed by atoms with E-state index in [-0.39, 0.29) is 5.78 Å². The predicted molar refractivity (Wildman–Crippen MR) is 69.0 cm³/mol. The van der Waals surface area contributed by atoms with Crippen molar-refractivity contribution in [3.8, 4) is 0 Å². The number of anilines is 1. The topological polar surface area (TPSA) is 33.5 Å². The van der Waals surface area contributed by atoms with E-state index in [1.807, 2.05) is 51.4 Å². The highest BCUT2D eigenvalue weighted by Gasteiger charge is 2.23. The molecule has 1 aliphatic rings. The van der Waals surface area contributed by atoms with Crippen molar-refractivity contribution in [2.75, 3.05) is 19.4 Å². The van der Waals surface area contributed by atoms with Gasteiger partial charge in [0.15, 0.2) is 0 Å². The minimum Gasteiger partial charge on any atom is -0.352 e. The number of rotatable bonds is 2. The van der Waals surface area contributed by atoms with Crippen molar-refractivity contribution in [2.24, 2.45) is 0 Å². The van der Waals surface area contributed by atoms with E-state index in [2.05, 4.69) is 11.5 Å². The number of hydrogen-bond donors (Lipinski definition) is 2. The first kappa shape index (κ1) is 11.6. The number of nitrogens with one attached hydrogen (secondary N) is 2. The van der Waals surface area contributed by atoms with Crippen LogP contribution in [0.5, 0.6) is 0 Å². The summed E-state index contributed by atoms with van der Waals surface area (Å²) in [6.45, 7) is 2.00. The van der Waals surface area contributed by atoms with Crippen LogP contribution in [0.3, 0.4) is 0 Å². The number of hydrogen-bond acceptors (Lipinski definition) is 2. The highest BCUT2D eigenvalue weighted by molar-refractivity contribution is 6.18. The van der Waals surface area contributed by atoms with Gasteiger partial charge in [0.25, 0.3) is 0 Å². The average molecular weight is 229 g/mol. The highest BCUT2D eigenvalue weighted by atomic mass is 16.1. The Kier molecular flexibility index (Phi) is 3.11. The number of allylic oxidation sites excluding steroid dienone is 3. The molecule has 0 bridgehead atoms. The van der Waals surface area contributed by atoms with E-state index in [1.165, 1.54) is 4.90 Å². The summed E-state index contributed by atoms with van der Waals surface area (Å²) in [6, 6.07) is 7.58. The third kappa shape index (κ3) is 2.45. The summed E-state index contributed by atoms with van der Waals surface area (Å²) in [5.41, 5.74) is 3.38. The summed E-state index contributed by atoms with van der Waals surface area (Å²) in [5, 5.41) is 3.15. The monoisotopic (exact) mass is 229 g/mol. The fourth-order valence-electron chi connectivity index (χ4n) is 1.96. The first-order valence-electron chi connectivity index (χ1n) is 5.69. The summed E-state index contributed by atoms with van der Waals surface area (Å²) >= 11 is 0. The van der Waals surface area contributed by atoms with E-state index in [0.29, 0.717) is 5.70 Å². The third-order valence-electron chi connectivity index (χ3n) is 2.57. The molecule has 2 N–H and O–H groups in total. The van der Waals surface area contributed by atoms with E-state index in [0.717, 1.165) is 16.8 Å². The van der Waals surface area contributed by atoms with Crippen LogP contribution in [0.25, 0.3) is 0 Å². The second-order valence-corrected chi connectivity index (χ2v) is 4.52. The number of carbonyl (C=O) groups is 1.